The van der Waals surface area contributed by atoms with Gasteiger partial charge in [0.25, 0.3) is 0 Å². The van der Waals surface area contributed by atoms with Crippen LogP contribution in [0.3, 0.4) is 0 Å². The summed E-state index contributed by atoms with van der Waals surface area (Å²) in [7, 11) is 0. The van der Waals surface area contributed by atoms with Gasteiger partial charge in [0.1, 0.15) is 0 Å². The van der Waals surface area contributed by atoms with Crippen LogP contribution in [0.1, 0.15) is 38.5 Å². The topological polar surface area (TPSA) is 32.5 Å². The predicted molar refractivity (Wildman–Crippen MR) is 78.2 cm³/mol. The van der Waals surface area contributed by atoms with Gasteiger partial charge in [-0.15, -0.1) is 12.4 Å². The van der Waals surface area contributed by atoms with E-state index in [1.165, 1.54) is 71.2 Å². The summed E-state index contributed by atoms with van der Waals surface area (Å²) in [4.78, 5) is 5.41. The van der Waals surface area contributed by atoms with E-state index in [2.05, 4.69) is 9.80 Å². The van der Waals surface area contributed by atoms with Crippen molar-refractivity contribution in [2.75, 3.05) is 32.7 Å². The highest BCUT2D eigenvalue weighted by Gasteiger charge is 2.29. The molecule has 3 fully saturated rings. The first-order chi connectivity index (χ1) is 8.31. The zero-order valence-corrected chi connectivity index (χ0v) is 12.2. The monoisotopic (exact) mass is 273 g/mol. The van der Waals surface area contributed by atoms with Gasteiger partial charge >= 0.3 is 0 Å². The number of halogens is 1. The Morgan fingerprint density at radius 2 is 1.44 bits per heavy atom. The minimum atomic E-state index is 0. The number of hydrogen-bond donors (Lipinski definition) is 1. The summed E-state index contributed by atoms with van der Waals surface area (Å²) in [5.74, 6) is 1.05. The molecule has 3 rings (SSSR count). The summed E-state index contributed by atoms with van der Waals surface area (Å²) in [6, 6.07) is 1.33. The summed E-state index contributed by atoms with van der Waals surface area (Å²) in [5, 5.41) is 0. The first-order valence-electron chi connectivity index (χ1n) is 7.53. The van der Waals surface area contributed by atoms with Crippen molar-refractivity contribution in [1.82, 2.24) is 9.80 Å². The lowest BCUT2D eigenvalue weighted by Crippen LogP contribution is -2.52. The van der Waals surface area contributed by atoms with Crippen LogP contribution in [0.25, 0.3) is 0 Å². The molecule has 2 saturated carbocycles. The molecule has 0 amide bonds. The van der Waals surface area contributed by atoms with E-state index in [1.54, 1.807) is 0 Å². The minimum absolute atomic E-state index is 0. The SMILES string of the molecule is Cl.N[C@H]1CC[C@H](N2CCN(CC3CC3)CC2)CC1. The van der Waals surface area contributed by atoms with E-state index in [0.717, 1.165) is 12.0 Å². The standard InChI is InChI=1S/C14H27N3.ClH/c15-13-3-5-14(6-4-13)17-9-7-16(8-10-17)11-12-1-2-12;/h12-14H,1-11,15H2;1H/t13-,14-;. The molecule has 2 aliphatic carbocycles. The molecule has 1 heterocycles. The summed E-state index contributed by atoms with van der Waals surface area (Å²) in [5.41, 5.74) is 5.98. The molecule has 4 heteroatoms. The minimum Gasteiger partial charge on any atom is -0.328 e. The van der Waals surface area contributed by atoms with Crippen LogP contribution in [0, 0.1) is 5.92 Å². The molecule has 2 N–H and O–H groups in total. The third-order valence-corrected chi connectivity index (χ3v) is 4.88. The van der Waals surface area contributed by atoms with Crippen molar-refractivity contribution >= 4 is 12.4 Å². The summed E-state index contributed by atoms with van der Waals surface area (Å²) < 4.78 is 0. The van der Waals surface area contributed by atoms with E-state index in [-0.39, 0.29) is 12.4 Å². The Hall–Kier alpha value is 0.170. The highest BCUT2D eigenvalue weighted by atomic mass is 35.5. The molecule has 0 aromatic carbocycles. The normalized spacial score (nSPS) is 35.2. The molecule has 0 bridgehead atoms. The second-order valence-corrected chi connectivity index (χ2v) is 6.35. The molecule has 0 radical (unpaired) electrons. The van der Waals surface area contributed by atoms with Crippen LogP contribution in [0.5, 0.6) is 0 Å². The Morgan fingerprint density at radius 3 is 2.00 bits per heavy atom. The molecule has 0 aromatic heterocycles. The van der Waals surface area contributed by atoms with Crippen molar-refractivity contribution in [1.29, 1.82) is 0 Å². The van der Waals surface area contributed by atoms with Gasteiger partial charge in [0.15, 0.2) is 0 Å². The number of nitrogens with two attached hydrogens (primary N) is 1. The zero-order valence-electron chi connectivity index (χ0n) is 11.4. The number of hydrogen-bond acceptors (Lipinski definition) is 3. The third-order valence-electron chi connectivity index (χ3n) is 4.88. The van der Waals surface area contributed by atoms with E-state index in [1.807, 2.05) is 0 Å². The van der Waals surface area contributed by atoms with Crippen LogP contribution in [-0.2, 0) is 0 Å². The fourth-order valence-corrected chi connectivity index (χ4v) is 3.44. The van der Waals surface area contributed by atoms with Gasteiger partial charge in [-0.1, -0.05) is 0 Å². The van der Waals surface area contributed by atoms with E-state index < -0.39 is 0 Å². The van der Waals surface area contributed by atoms with Gasteiger partial charge in [0.05, 0.1) is 0 Å². The highest BCUT2D eigenvalue weighted by molar-refractivity contribution is 5.85. The molecule has 0 aromatic rings. The van der Waals surface area contributed by atoms with E-state index in [0.29, 0.717) is 6.04 Å². The molecule has 0 unspecified atom stereocenters. The van der Waals surface area contributed by atoms with Crippen LogP contribution in [-0.4, -0.2) is 54.6 Å². The van der Waals surface area contributed by atoms with Crippen LogP contribution >= 0.6 is 12.4 Å². The second-order valence-electron chi connectivity index (χ2n) is 6.35. The van der Waals surface area contributed by atoms with Gasteiger partial charge in [-0.25, -0.2) is 0 Å². The maximum Gasteiger partial charge on any atom is 0.0113 e. The van der Waals surface area contributed by atoms with E-state index in [4.69, 9.17) is 5.73 Å². The molecule has 18 heavy (non-hydrogen) atoms. The molecular formula is C14H28ClN3. The Balaban J connectivity index is 0.00000120. The Morgan fingerprint density at radius 1 is 0.833 bits per heavy atom. The van der Waals surface area contributed by atoms with Crippen molar-refractivity contribution < 1.29 is 0 Å². The van der Waals surface area contributed by atoms with E-state index >= 15 is 0 Å². The first kappa shape index (κ1) is 14.6. The summed E-state index contributed by atoms with van der Waals surface area (Å²) in [6.45, 7) is 6.58. The zero-order chi connectivity index (χ0) is 11.7. The molecule has 3 nitrogen and oxygen atoms in total. The molecule has 1 saturated heterocycles. The van der Waals surface area contributed by atoms with E-state index in [9.17, 15) is 0 Å². The largest absolute Gasteiger partial charge is 0.328 e. The van der Waals surface area contributed by atoms with Gasteiger partial charge < -0.3 is 10.6 Å². The average Bonchev–Trinajstić information content (AvgIpc) is 3.15. The number of piperazine rings is 1. The second kappa shape index (κ2) is 6.56. The molecule has 0 atom stereocenters. The summed E-state index contributed by atoms with van der Waals surface area (Å²) >= 11 is 0. The maximum atomic E-state index is 5.98. The van der Waals surface area contributed by atoms with Gasteiger partial charge in [0, 0.05) is 44.8 Å². The van der Waals surface area contributed by atoms with Gasteiger partial charge in [-0.05, 0) is 44.4 Å². The average molecular weight is 274 g/mol. The molecule has 3 aliphatic rings. The first-order valence-corrected chi connectivity index (χ1v) is 7.53. The lowest BCUT2D eigenvalue weighted by atomic mass is 9.90. The van der Waals surface area contributed by atoms with Gasteiger partial charge in [0.2, 0.25) is 0 Å². The van der Waals surface area contributed by atoms with Crippen molar-refractivity contribution in [3.8, 4) is 0 Å². The molecule has 0 spiro atoms. The highest BCUT2D eigenvalue weighted by Crippen LogP contribution is 2.30. The van der Waals surface area contributed by atoms with Crippen LogP contribution < -0.4 is 5.73 Å². The lowest BCUT2D eigenvalue weighted by Gasteiger charge is -2.41. The fourth-order valence-electron chi connectivity index (χ4n) is 3.44. The fraction of sp³-hybridized carbons (Fsp3) is 1.00. The Labute approximate surface area is 117 Å². The van der Waals surface area contributed by atoms with Gasteiger partial charge in [-0.2, -0.15) is 0 Å². The molecule has 1 aliphatic heterocycles. The van der Waals surface area contributed by atoms with Crippen molar-refractivity contribution in [3.05, 3.63) is 0 Å². The Bertz CT molecular complexity index is 241. The molecule has 106 valence electrons. The third kappa shape index (κ3) is 3.83. The Kier molecular flexibility index (Phi) is 5.31. The summed E-state index contributed by atoms with van der Waals surface area (Å²) in [6.07, 6.45) is 8.13. The van der Waals surface area contributed by atoms with Crippen molar-refractivity contribution in [3.63, 3.8) is 0 Å². The number of rotatable bonds is 3. The number of nitrogens with zero attached hydrogens (tertiary/aromatic N) is 2. The predicted octanol–water partition coefficient (Wildman–Crippen LogP) is 1.71. The van der Waals surface area contributed by atoms with Crippen molar-refractivity contribution in [2.24, 2.45) is 11.7 Å². The lowest BCUT2D eigenvalue weighted by molar-refractivity contribution is 0.0743. The van der Waals surface area contributed by atoms with Crippen LogP contribution in [0.15, 0.2) is 0 Å². The van der Waals surface area contributed by atoms with Gasteiger partial charge in [-0.3, -0.25) is 4.90 Å². The molecular weight excluding hydrogens is 246 g/mol. The maximum absolute atomic E-state index is 5.98. The van der Waals surface area contributed by atoms with Crippen LogP contribution in [0.4, 0.5) is 0 Å². The van der Waals surface area contributed by atoms with Crippen molar-refractivity contribution in [2.45, 2.75) is 50.6 Å². The smallest absolute Gasteiger partial charge is 0.0113 e. The van der Waals surface area contributed by atoms with Crippen LogP contribution in [0.2, 0.25) is 0 Å². The quantitative estimate of drug-likeness (QED) is 0.850.